The number of ether oxygens (including phenoxy) is 3. The molecule has 35 heavy (non-hydrogen) atoms. The molecule has 0 aliphatic heterocycles. The summed E-state index contributed by atoms with van der Waals surface area (Å²) in [6.07, 6.45) is 1.51. The summed E-state index contributed by atoms with van der Waals surface area (Å²) in [5.41, 5.74) is 1.77. The van der Waals surface area contributed by atoms with Gasteiger partial charge in [-0.25, -0.2) is 8.78 Å². The van der Waals surface area contributed by atoms with Crippen LogP contribution in [0, 0.1) is 11.6 Å². The quantitative estimate of drug-likeness (QED) is 0.363. The van der Waals surface area contributed by atoms with E-state index in [-0.39, 0.29) is 30.4 Å². The Morgan fingerprint density at radius 1 is 0.943 bits per heavy atom. The monoisotopic (exact) mass is 479 g/mol. The lowest BCUT2D eigenvalue weighted by molar-refractivity contribution is 0.102. The fraction of sp³-hybridized carbons (Fsp3) is 0.154. The molecule has 7 nitrogen and oxygen atoms in total. The third-order valence-electron chi connectivity index (χ3n) is 5.13. The zero-order valence-electron chi connectivity index (χ0n) is 19.1. The number of halogens is 2. The molecule has 180 valence electrons. The summed E-state index contributed by atoms with van der Waals surface area (Å²) in [5.74, 6) is -0.258. The van der Waals surface area contributed by atoms with Gasteiger partial charge in [0.1, 0.15) is 35.3 Å². The van der Waals surface area contributed by atoms with Gasteiger partial charge in [0, 0.05) is 12.3 Å². The Labute approximate surface area is 200 Å². The summed E-state index contributed by atoms with van der Waals surface area (Å²) in [6.45, 7) is 0.210. The van der Waals surface area contributed by atoms with Crippen molar-refractivity contribution in [2.75, 3.05) is 19.5 Å². The molecule has 0 atom stereocenters. The normalized spacial score (nSPS) is 10.6. The van der Waals surface area contributed by atoms with Crippen molar-refractivity contribution < 1.29 is 27.8 Å². The Morgan fingerprint density at radius 3 is 2.34 bits per heavy atom. The molecule has 0 saturated heterocycles. The summed E-state index contributed by atoms with van der Waals surface area (Å²) in [6, 6.07) is 17.0. The number of anilines is 1. The van der Waals surface area contributed by atoms with Crippen LogP contribution in [-0.4, -0.2) is 29.9 Å². The third-order valence-corrected chi connectivity index (χ3v) is 5.13. The molecule has 3 aromatic carbocycles. The second kappa shape index (κ2) is 10.7. The smallest absolute Gasteiger partial charge is 0.262 e. The van der Waals surface area contributed by atoms with Crippen molar-refractivity contribution in [3.05, 3.63) is 101 Å². The Hall–Kier alpha value is -4.40. The molecule has 0 radical (unpaired) electrons. The molecule has 0 aliphatic rings. The van der Waals surface area contributed by atoms with E-state index in [0.29, 0.717) is 28.3 Å². The molecule has 9 heteroatoms. The van der Waals surface area contributed by atoms with Crippen LogP contribution in [-0.2, 0) is 13.2 Å². The molecule has 0 fully saturated rings. The summed E-state index contributed by atoms with van der Waals surface area (Å²) < 4.78 is 45.0. The van der Waals surface area contributed by atoms with Crippen molar-refractivity contribution in [2.45, 2.75) is 13.2 Å². The number of methoxy groups -OCH3 is 2. The topological polar surface area (TPSA) is 74.6 Å². The molecule has 0 unspecified atom stereocenters. The summed E-state index contributed by atoms with van der Waals surface area (Å²) in [7, 11) is 3.00. The van der Waals surface area contributed by atoms with E-state index in [0.717, 1.165) is 0 Å². The number of hydrogen-bond acceptors (Lipinski definition) is 5. The van der Waals surface area contributed by atoms with Crippen molar-refractivity contribution >= 4 is 11.6 Å². The van der Waals surface area contributed by atoms with E-state index in [2.05, 4.69) is 10.4 Å². The van der Waals surface area contributed by atoms with Gasteiger partial charge in [0.15, 0.2) is 0 Å². The van der Waals surface area contributed by atoms with Gasteiger partial charge in [-0.1, -0.05) is 24.3 Å². The van der Waals surface area contributed by atoms with Gasteiger partial charge >= 0.3 is 0 Å². The van der Waals surface area contributed by atoms with Crippen molar-refractivity contribution in [2.24, 2.45) is 0 Å². The zero-order chi connectivity index (χ0) is 24.8. The van der Waals surface area contributed by atoms with Crippen molar-refractivity contribution in [1.29, 1.82) is 0 Å². The van der Waals surface area contributed by atoms with Crippen LogP contribution < -0.4 is 19.5 Å². The highest BCUT2D eigenvalue weighted by Gasteiger charge is 2.20. The second-order valence-corrected chi connectivity index (χ2v) is 7.61. The van der Waals surface area contributed by atoms with Crippen LogP contribution in [0.3, 0.4) is 0 Å². The Kier molecular flexibility index (Phi) is 7.25. The largest absolute Gasteiger partial charge is 0.497 e. The van der Waals surface area contributed by atoms with E-state index in [1.807, 2.05) is 0 Å². The molecule has 1 heterocycles. The molecule has 1 N–H and O–H groups in total. The fourth-order valence-electron chi connectivity index (χ4n) is 3.45. The van der Waals surface area contributed by atoms with Crippen LogP contribution in [0.15, 0.2) is 72.9 Å². The van der Waals surface area contributed by atoms with Gasteiger partial charge in [0.2, 0.25) is 5.88 Å². The lowest BCUT2D eigenvalue weighted by atomic mass is 10.2. The standard InChI is InChI=1S/C26H23F2N3O4/c1-33-21-9-10-24(34-2)23(13-21)29-25(32)22-15-31(14-17-5-3-7-19(27)11-17)30-26(22)35-16-18-6-4-8-20(28)12-18/h3-13,15H,14,16H2,1-2H3,(H,29,32). The highest BCUT2D eigenvalue weighted by Crippen LogP contribution is 2.30. The molecular weight excluding hydrogens is 456 g/mol. The molecular formula is C26H23F2N3O4. The van der Waals surface area contributed by atoms with Crippen LogP contribution in [0.25, 0.3) is 0 Å². The Bertz CT molecular complexity index is 1340. The van der Waals surface area contributed by atoms with Crippen molar-refractivity contribution in [1.82, 2.24) is 9.78 Å². The highest BCUT2D eigenvalue weighted by molar-refractivity contribution is 6.06. The number of hydrogen-bond donors (Lipinski definition) is 1. The minimum Gasteiger partial charge on any atom is -0.497 e. The molecule has 1 amide bonds. The second-order valence-electron chi connectivity index (χ2n) is 7.61. The number of nitrogens with one attached hydrogen (secondary N) is 1. The average molecular weight is 479 g/mol. The maximum atomic E-state index is 13.6. The number of nitrogens with zero attached hydrogens (tertiary/aromatic N) is 2. The minimum atomic E-state index is -0.503. The number of carbonyl (C=O) groups excluding carboxylic acids is 1. The number of aromatic nitrogens is 2. The number of benzene rings is 3. The van der Waals surface area contributed by atoms with Gasteiger partial charge in [-0.05, 0) is 47.5 Å². The van der Waals surface area contributed by atoms with Gasteiger partial charge in [0.25, 0.3) is 5.91 Å². The lowest BCUT2D eigenvalue weighted by Crippen LogP contribution is -2.13. The maximum absolute atomic E-state index is 13.6. The first-order valence-corrected chi connectivity index (χ1v) is 10.7. The third kappa shape index (κ3) is 5.94. The van der Waals surface area contributed by atoms with Gasteiger partial charge in [-0.15, -0.1) is 5.10 Å². The van der Waals surface area contributed by atoms with Crippen LogP contribution in [0.2, 0.25) is 0 Å². The van der Waals surface area contributed by atoms with Crippen LogP contribution in [0.4, 0.5) is 14.5 Å². The van der Waals surface area contributed by atoms with Crippen LogP contribution in [0.5, 0.6) is 17.4 Å². The Morgan fingerprint density at radius 2 is 1.66 bits per heavy atom. The van der Waals surface area contributed by atoms with Gasteiger partial charge < -0.3 is 19.5 Å². The number of amides is 1. The number of rotatable bonds is 9. The maximum Gasteiger partial charge on any atom is 0.262 e. The molecule has 4 aromatic rings. The van der Waals surface area contributed by atoms with Gasteiger partial charge in [-0.2, -0.15) is 0 Å². The first-order chi connectivity index (χ1) is 16.9. The zero-order valence-corrected chi connectivity index (χ0v) is 19.1. The van der Waals surface area contributed by atoms with E-state index >= 15 is 0 Å². The van der Waals surface area contributed by atoms with E-state index in [4.69, 9.17) is 14.2 Å². The SMILES string of the molecule is COc1ccc(OC)c(NC(=O)c2cn(Cc3cccc(F)c3)nc2OCc2cccc(F)c2)c1. The molecule has 1 aromatic heterocycles. The van der Waals surface area contributed by atoms with Crippen molar-refractivity contribution in [3.63, 3.8) is 0 Å². The Balaban J connectivity index is 1.62. The summed E-state index contributed by atoms with van der Waals surface area (Å²) >= 11 is 0. The molecule has 0 aliphatic carbocycles. The molecule has 4 rings (SSSR count). The van der Waals surface area contributed by atoms with Crippen molar-refractivity contribution in [3.8, 4) is 17.4 Å². The van der Waals surface area contributed by atoms with E-state index in [1.54, 1.807) is 42.5 Å². The average Bonchev–Trinajstić information content (AvgIpc) is 3.25. The molecule has 0 bridgehead atoms. The van der Waals surface area contributed by atoms with Crippen LogP contribution in [0.1, 0.15) is 21.5 Å². The fourth-order valence-corrected chi connectivity index (χ4v) is 3.45. The van der Waals surface area contributed by atoms with E-state index in [9.17, 15) is 13.6 Å². The molecule has 0 saturated carbocycles. The summed E-state index contributed by atoms with van der Waals surface area (Å²) in [4.78, 5) is 13.2. The van der Waals surface area contributed by atoms with E-state index in [1.165, 1.54) is 49.4 Å². The van der Waals surface area contributed by atoms with Gasteiger partial charge in [-0.3, -0.25) is 9.48 Å². The lowest BCUT2D eigenvalue weighted by Gasteiger charge is -2.12. The summed E-state index contributed by atoms with van der Waals surface area (Å²) in [5, 5.41) is 7.16. The first-order valence-electron chi connectivity index (χ1n) is 10.7. The minimum absolute atomic E-state index is 0.00248. The molecule has 0 spiro atoms. The predicted octanol–water partition coefficient (Wildman–Crippen LogP) is 5.06. The number of carbonyl (C=O) groups is 1. The van der Waals surface area contributed by atoms with Crippen LogP contribution >= 0.6 is 0 Å². The first kappa shape index (κ1) is 23.7. The van der Waals surface area contributed by atoms with E-state index < -0.39 is 11.7 Å². The predicted molar refractivity (Wildman–Crippen MR) is 126 cm³/mol. The van der Waals surface area contributed by atoms with Gasteiger partial charge in [0.05, 0.1) is 26.5 Å². The highest BCUT2D eigenvalue weighted by atomic mass is 19.1.